The first-order valence-electron chi connectivity index (χ1n) is 8.24. The number of hydrogen-bond donors (Lipinski definition) is 1. The molecule has 0 atom stereocenters. The number of rotatable bonds is 7. The molecular weight excluding hydrogens is 342 g/mol. The lowest BCUT2D eigenvalue weighted by Gasteiger charge is -2.21. The monoisotopic (exact) mass is 365 g/mol. The van der Waals surface area contributed by atoms with Gasteiger partial charge in [-0.05, 0) is 36.9 Å². The van der Waals surface area contributed by atoms with Crippen molar-refractivity contribution in [3.8, 4) is 0 Å². The highest BCUT2D eigenvalue weighted by atomic mass is 35.5. The summed E-state index contributed by atoms with van der Waals surface area (Å²) in [5.41, 5.74) is 8.63. The molecule has 3 rings (SSSR count). The lowest BCUT2D eigenvalue weighted by atomic mass is 10.1. The van der Waals surface area contributed by atoms with E-state index in [1.165, 1.54) is 22.5 Å². The molecule has 0 radical (unpaired) electrons. The zero-order valence-electron chi connectivity index (χ0n) is 13.9. The molecule has 0 unspecified atom stereocenters. The fourth-order valence-electron chi connectivity index (χ4n) is 2.62. The number of nitrogens with two attached hydrogens (primary N) is 1. The molecule has 1 saturated carbocycles. The molecule has 1 aromatic heterocycles. The Morgan fingerprint density at radius 1 is 1.29 bits per heavy atom. The van der Waals surface area contributed by atoms with E-state index in [4.69, 9.17) is 5.73 Å². The number of nitrogens with zero attached hydrogens (tertiary/aromatic N) is 2. The summed E-state index contributed by atoms with van der Waals surface area (Å²) in [4.78, 5) is 19.2. The average Bonchev–Trinajstić information content (AvgIpc) is 3.31. The third kappa shape index (κ3) is 4.56. The van der Waals surface area contributed by atoms with Gasteiger partial charge in [0.05, 0.1) is 5.01 Å². The van der Waals surface area contributed by atoms with Crippen molar-refractivity contribution in [1.82, 2.24) is 9.88 Å². The summed E-state index contributed by atoms with van der Waals surface area (Å²) in [7, 11) is 0. The first-order chi connectivity index (χ1) is 11.2. The van der Waals surface area contributed by atoms with Gasteiger partial charge in [0.2, 0.25) is 0 Å². The SMILES string of the molecule is CCc1ccc(CN(C(=O)c2csc(CCN)n2)C2CC2)cc1.Cl. The van der Waals surface area contributed by atoms with E-state index in [1.807, 2.05) is 10.3 Å². The van der Waals surface area contributed by atoms with Crippen LogP contribution in [0, 0.1) is 0 Å². The molecular formula is C18H24ClN3OS. The number of thiazole rings is 1. The van der Waals surface area contributed by atoms with Crippen LogP contribution in [-0.4, -0.2) is 28.4 Å². The first-order valence-corrected chi connectivity index (χ1v) is 9.12. The van der Waals surface area contributed by atoms with E-state index in [2.05, 4.69) is 36.2 Å². The molecule has 0 spiro atoms. The molecule has 1 heterocycles. The molecule has 2 aromatic rings. The maximum atomic E-state index is 12.8. The normalized spacial score (nSPS) is 13.4. The van der Waals surface area contributed by atoms with E-state index in [0.29, 0.717) is 24.8 Å². The van der Waals surface area contributed by atoms with Crippen molar-refractivity contribution in [2.45, 2.75) is 45.2 Å². The van der Waals surface area contributed by atoms with Crippen LogP contribution >= 0.6 is 23.7 Å². The van der Waals surface area contributed by atoms with Crippen molar-refractivity contribution >= 4 is 29.7 Å². The standard InChI is InChI=1S/C18H23N3OS.ClH/c1-2-13-3-5-14(6-4-13)11-21(15-7-8-15)18(22)16-12-23-17(20-16)9-10-19;/h3-6,12,15H,2,7-11,19H2,1H3;1H. The number of aryl methyl sites for hydroxylation is 1. The summed E-state index contributed by atoms with van der Waals surface area (Å²) < 4.78 is 0. The summed E-state index contributed by atoms with van der Waals surface area (Å²) in [5.74, 6) is 0.0478. The Labute approximate surface area is 153 Å². The van der Waals surface area contributed by atoms with Crippen LogP contribution in [0.15, 0.2) is 29.6 Å². The second-order valence-electron chi connectivity index (χ2n) is 6.00. The second-order valence-corrected chi connectivity index (χ2v) is 6.94. The highest BCUT2D eigenvalue weighted by Crippen LogP contribution is 2.30. The number of hydrogen-bond acceptors (Lipinski definition) is 4. The van der Waals surface area contributed by atoms with Gasteiger partial charge in [0, 0.05) is 24.4 Å². The zero-order chi connectivity index (χ0) is 16.2. The van der Waals surface area contributed by atoms with Gasteiger partial charge in [-0.15, -0.1) is 23.7 Å². The van der Waals surface area contributed by atoms with Crippen molar-refractivity contribution < 1.29 is 4.79 Å². The Balaban J connectivity index is 0.00000208. The quantitative estimate of drug-likeness (QED) is 0.817. The number of halogens is 1. The number of carbonyl (C=O) groups is 1. The summed E-state index contributed by atoms with van der Waals surface area (Å²) >= 11 is 1.52. The van der Waals surface area contributed by atoms with Gasteiger partial charge in [-0.1, -0.05) is 31.2 Å². The Bertz CT molecular complexity index is 667. The van der Waals surface area contributed by atoms with E-state index in [0.717, 1.165) is 30.7 Å². The lowest BCUT2D eigenvalue weighted by Crippen LogP contribution is -2.32. The van der Waals surface area contributed by atoms with Gasteiger partial charge in [-0.2, -0.15) is 0 Å². The third-order valence-corrected chi connectivity index (χ3v) is 5.07. The van der Waals surface area contributed by atoms with Gasteiger partial charge in [0.1, 0.15) is 5.69 Å². The largest absolute Gasteiger partial charge is 0.330 e. The van der Waals surface area contributed by atoms with Gasteiger partial charge in [-0.3, -0.25) is 4.79 Å². The molecule has 1 aliphatic rings. The van der Waals surface area contributed by atoms with Gasteiger partial charge >= 0.3 is 0 Å². The zero-order valence-corrected chi connectivity index (χ0v) is 15.5. The highest BCUT2D eigenvalue weighted by molar-refractivity contribution is 7.09. The highest BCUT2D eigenvalue weighted by Gasteiger charge is 2.33. The van der Waals surface area contributed by atoms with Gasteiger partial charge in [0.25, 0.3) is 5.91 Å². The van der Waals surface area contributed by atoms with Crippen LogP contribution in [0.2, 0.25) is 0 Å². The minimum atomic E-state index is 0. The molecule has 1 fully saturated rings. The molecule has 1 aliphatic carbocycles. The van der Waals surface area contributed by atoms with Crippen molar-refractivity contribution in [2.75, 3.05) is 6.54 Å². The number of carbonyl (C=O) groups excluding carboxylic acids is 1. The molecule has 0 bridgehead atoms. The predicted molar refractivity (Wildman–Crippen MR) is 101 cm³/mol. The Kier molecular flexibility index (Phi) is 6.78. The van der Waals surface area contributed by atoms with E-state index < -0.39 is 0 Å². The fraction of sp³-hybridized carbons (Fsp3) is 0.444. The molecule has 24 heavy (non-hydrogen) atoms. The van der Waals surface area contributed by atoms with Crippen LogP contribution in [0.5, 0.6) is 0 Å². The number of amides is 1. The minimum Gasteiger partial charge on any atom is -0.330 e. The van der Waals surface area contributed by atoms with Crippen molar-refractivity contribution in [3.63, 3.8) is 0 Å². The maximum absolute atomic E-state index is 12.8. The van der Waals surface area contributed by atoms with Gasteiger partial charge in [0.15, 0.2) is 0 Å². The van der Waals surface area contributed by atoms with E-state index in [1.54, 1.807) is 0 Å². The van der Waals surface area contributed by atoms with Crippen LogP contribution in [0.4, 0.5) is 0 Å². The second kappa shape index (κ2) is 8.60. The average molecular weight is 366 g/mol. The first kappa shape index (κ1) is 18.9. The number of benzene rings is 1. The minimum absolute atomic E-state index is 0. The topological polar surface area (TPSA) is 59.2 Å². The molecule has 2 N–H and O–H groups in total. The summed E-state index contributed by atoms with van der Waals surface area (Å²) in [6.07, 6.45) is 3.96. The van der Waals surface area contributed by atoms with Crippen molar-refractivity contribution in [2.24, 2.45) is 5.73 Å². The molecule has 1 amide bonds. The van der Waals surface area contributed by atoms with Crippen LogP contribution in [0.25, 0.3) is 0 Å². The van der Waals surface area contributed by atoms with Crippen LogP contribution in [0.3, 0.4) is 0 Å². The lowest BCUT2D eigenvalue weighted by molar-refractivity contribution is 0.0724. The van der Waals surface area contributed by atoms with Crippen LogP contribution < -0.4 is 5.73 Å². The summed E-state index contributed by atoms with van der Waals surface area (Å²) in [6, 6.07) is 8.92. The van der Waals surface area contributed by atoms with Crippen LogP contribution in [0.1, 0.15) is 46.4 Å². The molecule has 1 aromatic carbocycles. The third-order valence-electron chi connectivity index (χ3n) is 4.16. The Morgan fingerprint density at radius 3 is 2.54 bits per heavy atom. The van der Waals surface area contributed by atoms with Crippen molar-refractivity contribution in [3.05, 3.63) is 51.5 Å². The molecule has 0 saturated heterocycles. The predicted octanol–water partition coefficient (Wildman–Crippen LogP) is 3.43. The van der Waals surface area contributed by atoms with Crippen LogP contribution in [-0.2, 0) is 19.4 Å². The Morgan fingerprint density at radius 2 is 1.96 bits per heavy atom. The summed E-state index contributed by atoms with van der Waals surface area (Å²) in [5, 5.41) is 2.81. The van der Waals surface area contributed by atoms with Gasteiger partial charge < -0.3 is 10.6 Å². The van der Waals surface area contributed by atoms with E-state index in [-0.39, 0.29) is 18.3 Å². The van der Waals surface area contributed by atoms with E-state index >= 15 is 0 Å². The molecule has 4 nitrogen and oxygen atoms in total. The molecule has 6 heteroatoms. The smallest absolute Gasteiger partial charge is 0.273 e. The fourth-order valence-corrected chi connectivity index (χ4v) is 3.41. The molecule has 0 aliphatic heterocycles. The number of aromatic nitrogens is 1. The maximum Gasteiger partial charge on any atom is 0.273 e. The summed E-state index contributed by atoms with van der Waals surface area (Å²) in [6.45, 7) is 3.38. The molecule has 130 valence electrons. The van der Waals surface area contributed by atoms with Crippen molar-refractivity contribution in [1.29, 1.82) is 0 Å². The van der Waals surface area contributed by atoms with E-state index in [9.17, 15) is 4.79 Å². The van der Waals surface area contributed by atoms with Gasteiger partial charge in [-0.25, -0.2) is 4.98 Å². The Hall–Kier alpha value is -1.43.